The van der Waals surface area contributed by atoms with Gasteiger partial charge in [0.1, 0.15) is 11.0 Å². The number of aryl methyl sites for hydroxylation is 1. The number of nitrogens with zero attached hydrogens (tertiary/aromatic N) is 1. The van der Waals surface area contributed by atoms with Gasteiger partial charge in [0, 0.05) is 5.56 Å². The summed E-state index contributed by atoms with van der Waals surface area (Å²) in [6.07, 6.45) is 1.95. The molecule has 0 saturated heterocycles. The van der Waals surface area contributed by atoms with Crippen LogP contribution in [0, 0.1) is 6.92 Å². The maximum absolute atomic E-state index is 12.0. The molecule has 0 amide bonds. The van der Waals surface area contributed by atoms with Crippen LogP contribution in [0.5, 0.6) is 0 Å². The molecule has 1 atom stereocenters. The SMILES string of the molecule is Cc1cccc2c1CC/C2=N\[S@](=O)C(C)(C)C. The second-order valence-electron chi connectivity index (χ2n) is 5.50. The molecular weight excluding hydrogens is 230 g/mol. The average molecular weight is 249 g/mol. The lowest BCUT2D eigenvalue weighted by atomic mass is 10.0. The fourth-order valence-electron chi connectivity index (χ4n) is 2.01. The van der Waals surface area contributed by atoms with Crippen molar-refractivity contribution in [1.29, 1.82) is 0 Å². The quantitative estimate of drug-likeness (QED) is 0.751. The lowest BCUT2D eigenvalue weighted by Crippen LogP contribution is -2.20. The topological polar surface area (TPSA) is 29.4 Å². The second-order valence-corrected chi connectivity index (χ2v) is 7.41. The summed E-state index contributed by atoms with van der Waals surface area (Å²) in [6.45, 7) is 8.00. The Kier molecular flexibility index (Phi) is 3.21. The first kappa shape index (κ1) is 12.5. The molecule has 1 aromatic rings. The van der Waals surface area contributed by atoms with Crippen LogP contribution in [0.1, 0.15) is 43.9 Å². The van der Waals surface area contributed by atoms with E-state index in [0.29, 0.717) is 0 Å². The van der Waals surface area contributed by atoms with Crippen LogP contribution in [0.15, 0.2) is 22.6 Å². The van der Waals surface area contributed by atoms with E-state index in [9.17, 15) is 4.21 Å². The highest BCUT2D eigenvalue weighted by molar-refractivity contribution is 7.85. The molecule has 0 unspecified atom stereocenters. The van der Waals surface area contributed by atoms with Gasteiger partial charge < -0.3 is 0 Å². The van der Waals surface area contributed by atoms with Crippen LogP contribution in [0.4, 0.5) is 0 Å². The number of hydrogen-bond acceptors (Lipinski definition) is 1. The standard InChI is InChI=1S/C14H19NOS/c1-10-6-5-7-12-11(10)8-9-13(12)15-17(16)14(2,3)4/h5-7H,8-9H2,1-4H3/b15-13+/t17-/m1/s1. The van der Waals surface area contributed by atoms with Crippen molar-refractivity contribution < 1.29 is 4.21 Å². The number of hydrogen-bond donors (Lipinski definition) is 0. The van der Waals surface area contributed by atoms with E-state index >= 15 is 0 Å². The number of rotatable bonds is 1. The molecule has 2 nitrogen and oxygen atoms in total. The van der Waals surface area contributed by atoms with Gasteiger partial charge in [-0.25, -0.2) is 4.21 Å². The summed E-state index contributed by atoms with van der Waals surface area (Å²) < 4.78 is 16.2. The lowest BCUT2D eigenvalue weighted by molar-refractivity contribution is 0.650. The van der Waals surface area contributed by atoms with E-state index in [4.69, 9.17) is 0 Å². The van der Waals surface area contributed by atoms with Crippen LogP contribution in [0.2, 0.25) is 0 Å². The van der Waals surface area contributed by atoms with Gasteiger partial charge in [-0.15, -0.1) is 0 Å². The van der Waals surface area contributed by atoms with Gasteiger partial charge in [0.05, 0.1) is 10.5 Å². The van der Waals surface area contributed by atoms with E-state index in [-0.39, 0.29) is 4.75 Å². The molecule has 92 valence electrons. The summed E-state index contributed by atoms with van der Waals surface area (Å²) >= 11 is 0. The zero-order valence-electron chi connectivity index (χ0n) is 10.9. The highest BCUT2D eigenvalue weighted by Gasteiger charge is 2.23. The second kappa shape index (κ2) is 4.37. The highest BCUT2D eigenvalue weighted by Crippen LogP contribution is 2.26. The molecule has 1 aromatic carbocycles. The van der Waals surface area contributed by atoms with Crippen molar-refractivity contribution in [1.82, 2.24) is 0 Å². The van der Waals surface area contributed by atoms with Crippen molar-refractivity contribution in [2.24, 2.45) is 4.40 Å². The predicted molar refractivity (Wildman–Crippen MR) is 73.9 cm³/mol. The van der Waals surface area contributed by atoms with Gasteiger partial charge in [0.2, 0.25) is 0 Å². The van der Waals surface area contributed by atoms with Crippen LogP contribution in [-0.4, -0.2) is 14.7 Å². The summed E-state index contributed by atoms with van der Waals surface area (Å²) in [5, 5.41) is 0. The van der Waals surface area contributed by atoms with Crippen LogP contribution >= 0.6 is 0 Å². The Morgan fingerprint density at radius 3 is 2.59 bits per heavy atom. The molecule has 0 spiro atoms. The van der Waals surface area contributed by atoms with Crippen LogP contribution in [-0.2, 0) is 17.4 Å². The van der Waals surface area contributed by atoms with Gasteiger partial charge in [-0.3, -0.25) is 0 Å². The summed E-state index contributed by atoms with van der Waals surface area (Å²) in [6, 6.07) is 6.27. The normalized spacial score (nSPS) is 19.4. The Morgan fingerprint density at radius 1 is 1.24 bits per heavy atom. The monoisotopic (exact) mass is 249 g/mol. The van der Waals surface area contributed by atoms with Gasteiger partial charge in [-0.05, 0) is 51.7 Å². The minimum atomic E-state index is -1.15. The van der Waals surface area contributed by atoms with Gasteiger partial charge in [0.15, 0.2) is 0 Å². The van der Waals surface area contributed by atoms with E-state index in [1.165, 1.54) is 16.7 Å². The highest BCUT2D eigenvalue weighted by atomic mass is 32.2. The maximum Gasteiger partial charge on any atom is 0.145 e. The first-order valence-electron chi connectivity index (χ1n) is 5.98. The van der Waals surface area contributed by atoms with Crippen LogP contribution < -0.4 is 0 Å². The van der Waals surface area contributed by atoms with E-state index in [1.807, 2.05) is 20.8 Å². The van der Waals surface area contributed by atoms with Gasteiger partial charge >= 0.3 is 0 Å². The van der Waals surface area contributed by atoms with E-state index in [0.717, 1.165) is 18.6 Å². The molecule has 0 fully saturated rings. The average Bonchev–Trinajstić information content (AvgIpc) is 2.62. The van der Waals surface area contributed by atoms with Crippen molar-refractivity contribution in [2.45, 2.75) is 45.3 Å². The summed E-state index contributed by atoms with van der Waals surface area (Å²) in [4.78, 5) is 0. The fourth-order valence-corrected chi connectivity index (χ4v) is 2.68. The molecule has 0 aliphatic heterocycles. The van der Waals surface area contributed by atoms with Gasteiger partial charge in [0.25, 0.3) is 0 Å². The zero-order valence-corrected chi connectivity index (χ0v) is 11.7. The Hall–Kier alpha value is -0.960. The molecule has 0 heterocycles. The first-order valence-corrected chi connectivity index (χ1v) is 7.08. The van der Waals surface area contributed by atoms with Crippen molar-refractivity contribution in [2.75, 3.05) is 0 Å². The van der Waals surface area contributed by atoms with Gasteiger partial charge in [-0.1, -0.05) is 18.2 Å². The van der Waals surface area contributed by atoms with Crippen molar-refractivity contribution in [3.63, 3.8) is 0 Å². The summed E-state index contributed by atoms with van der Waals surface area (Å²) in [5.41, 5.74) is 4.89. The molecule has 1 aliphatic rings. The maximum atomic E-state index is 12.0. The summed E-state index contributed by atoms with van der Waals surface area (Å²) in [7, 11) is -1.15. The first-order chi connectivity index (χ1) is 7.89. The fraction of sp³-hybridized carbons (Fsp3) is 0.500. The molecule has 0 bridgehead atoms. The Labute approximate surface area is 106 Å². The van der Waals surface area contributed by atoms with Crippen LogP contribution in [0.25, 0.3) is 0 Å². The molecule has 0 N–H and O–H groups in total. The minimum Gasteiger partial charge on any atom is -0.234 e. The molecule has 1 aliphatic carbocycles. The Bertz CT molecular complexity index is 497. The third kappa shape index (κ3) is 2.49. The van der Waals surface area contributed by atoms with Crippen molar-refractivity contribution in [3.8, 4) is 0 Å². The molecule has 0 aromatic heterocycles. The van der Waals surface area contributed by atoms with Gasteiger partial charge in [-0.2, -0.15) is 4.40 Å². The van der Waals surface area contributed by atoms with Crippen LogP contribution in [0.3, 0.4) is 0 Å². The molecule has 0 radical (unpaired) electrons. The van der Waals surface area contributed by atoms with E-state index < -0.39 is 11.0 Å². The largest absolute Gasteiger partial charge is 0.234 e. The molecule has 3 heteroatoms. The van der Waals surface area contributed by atoms with E-state index in [2.05, 4.69) is 29.5 Å². The van der Waals surface area contributed by atoms with E-state index in [1.54, 1.807) is 0 Å². The smallest absolute Gasteiger partial charge is 0.145 e. The number of fused-ring (bicyclic) bond motifs is 1. The third-order valence-corrected chi connectivity index (χ3v) is 4.48. The summed E-state index contributed by atoms with van der Waals surface area (Å²) in [5.74, 6) is 0. The number of benzene rings is 1. The molecule has 0 saturated carbocycles. The minimum absolute atomic E-state index is 0.278. The molecule has 17 heavy (non-hydrogen) atoms. The Morgan fingerprint density at radius 2 is 1.94 bits per heavy atom. The molecular formula is C14H19NOS. The zero-order chi connectivity index (χ0) is 12.6. The Balaban J connectivity index is 2.38. The predicted octanol–water partition coefficient (Wildman–Crippen LogP) is 3.19. The third-order valence-electron chi connectivity index (χ3n) is 3.05. The lowest BCUT2D eigenvalue weighted by Gasteiger charge is -2.14. The van der Waals surface area contributed by atoms with Crippen molar-refractivity contribution in [3.05, 3.63) is 34.9 Å². The molecule has 2 rings (SSSR count). The van der Waals surface area contributed by atoms with Crippen molar-refractivity contribution >= 4 is 16.7 Å².